The van der Waals surface area contributed by atoms with Gasteiger partial charge in [-0.2, -0.15) is 0 Å². The summed E-state index contributed by atoms with van der Waals surface area (Å²) in [7, 11) is 0. The van der Waals surface area contributed by atoms with Crippen LogP contribution in [0.4, 0.5) is 17.1 Å². The minimum atomic E-state index is -0.602. The van der Waals surface area contributed by atoms with Gasteiger partial charge in [0.05, 0.1) is 28.2 Å². The van der Waals surface area contributed by atoms with Gasteiger partial charge in [0.25, 0.3) is 0 Å². The van der Waals surface area contributed by atoms with Gasteiger partial charge in [-0.3, -0.25) is 0 Å². The molecule has 3 heteroatoms. The second kappa shape index (κ2) is 15.1. The molecule has 0 amide bonds. The van der Waals surface area contributed by atoms with Crippen LogP contribution in [0.1, 0.15) is 22.3 Å². The molecule has 0 unspecified atom stereocenters. The van der Waals surface area contributed by atoms with Crippen molar-refractivity contribution in [3.05, 3.63) is 271 Å². The van der Waals surface area contributed by atoms with E-state index in [0.717, 1.165) is 33.8 Å². The smallest absolute Gasteiger partial charge is 0.160 e. The third kappa shape index (κ3) is 5.66. The van der Waals surface area contributed by atoms with Crippen LogP contribution in [0.25, 0.3) is 88.5 Å². The Hall–Kier alpha value is -8.92. The molecule has 3 nitrogen and oxygen atoms in total. The molecular weight excluding hydrogens is 823 g/mol. The molecule has 0 atom stereocenters. The molecule has 0 N–H and O–H groups in total. The van der Waals surface area contributed by atoms with Crippen LogP contribution in [-0.4, -0.2) is 9.97 Å². The lowest BCUT2D eigenvalue weighted by atomic mass is 9.64. The van der Waals surface area contributed by atoms with E-state index < -0.39 is 5.41 Å². The first kappa shape index (κ1) is 38.4. The number of benzene rings is 11. The van der Waals surface area contributed by atoms with Crippen molar-refractivity contribution in [2.45, 2.75) is 5.41 Å². The number of aromatic nitrogens is 2. The van der Waals surface area contributed by atoms with Crippen LogP contribution in [0.5, 0.6) is 0 Å². The van der Waals surface area contributed by atoms with Gasteiger partial charge in [-0.1, -0.05) is 200 Å². The Bertz CT molecular complexity index is 3830. The second-order valence-electron chi connectivity index (χ2n) is 18.0. The van der Waals surface area contributed by atoms with Crippen molar-refractivity contribution in [3.63, 3.8) is 0 Å². The molecule has 68 heavy (non-hydrogen) atoms. The molecule has 1 aromatic heterocycles. The molecule has 14 rings (SSSR count). The first-order valence-electron chi connectivity index (χ1n) is 23.4. The maximum Gasteiger partial charge on any atom is 0.160 e. The predicted molar refractivity (Wildman–Crippen MR) is 282 cm³/mol. The van der Waals surface area contributed by atoms with Crippen LogP contribution in [0.2, 0.25) is 0 Å². The number of anilines is 3. The summed E-state index contributed by atoms with van der Waals surface area (Å²) < 4.78 is 0. The fraction of sp³-hybridized carbons (Fsp3) is 0.0154. The van der Waals surface area contributed by atoms with Crippen molar-refractivity contribution in [3.8, 4) is 56.2 Å². The van der Waals surface area contributed by atoms with E-state index in [2.05, 4.69) is 248 Å². The molecule has 2 aliphatic rings. The maximum atomic E-state index is 5.32. The van der Waals surface area contributed by atoms with Gasteiger partial charge in [-0.25, -0.2) is 9.97 Å². The number of para-hydroxylation sites is 3. The molecular formula is C65H41N3. The lowest BCUT2D eigenvalue weighted by Crippen LogP contribution is -2.36. The van der Waals surface area contributed by atoms with Gasteiger partial charge < -0.3 is 4.90 Å². The summed E-state index contributed by atoms with van der Waals surface area (Å²) in [6.45, 7) is 0. The van der Waals surface area contributed by atoms with E-state index in [1.165, 1.54) is 88.2 Å². The van der Waals surface area contributed by atoms with Gasteiger partial charge >= 0.3 is 0 Å². The van der Waals surface area contributed by atoms with Crippen molar-refractivity contribution < 1.29 is 0 Å². The van der Waals surface area contributed by atoms with Crippen molar-refractivity contribution in [2.75, 3.05) is 4.90 Å². The summed E-state index contributed by atoms with van der Waals surface area (Å²) in [6.07, 6.45) is 0. The monoisotopic (exact) mass is 863 g/mol. The Morgan fingerprint density at radius 1 is 0.279 bits per heavy atom. The van der Waals surface area contributed by atoms with Crippen molar-refractivity contribution in [1.82, 2.24) is 9.97 Å². The van der Waals surface area contributed by atoms with E-state index >= 15 is 0 Å². The van der Waals surface area contributed by atoms with Crippen LogP contribution in [0, 0.1) is 0 Å². The highest BCUT2D eigenvalue weighted by Gasteiger charge is 2.51. The first-order valence-corrected chi connectivity index (χ1v) is 23.4. The number of hydrogen-bond donors (Lipinski definition) is 0. The lowest BCUT2D eigenvalue weighted by Gasteiger charge is -2.45. The fourth-order valence-electron chi connectivity index (χ4n) is 11.5. The standard InChI is InChI=1S/C65H41N3/c1-4-18-42(19-5-1)60-41-61(67-64(66-60)43-20-6-2-7-21-43)46-34-37-57-55(40-46)54-39-45(44-32-35-52-50-26-11-10-24-48(50)49-25-12-13-27-51(49)53(52)38-44)33-36-56(54)65(57)58-28-14-16-30-62(58)68(47-22-8-3-9-23-47)63-31-17-15-29-59(63)65/h1-41H. The van der Waals surface area contributed by atoms with Gasteiger partial charge in [-0.05, 0) is 125 Å². The highest BCUT2D eigenvalue weighted by molar-refractivity contribution is 6.25. The fourth-order valence-corrected chi connectivity index (χ4v) is 11.5. The van der Waals surface area contributed by atoms with Crippen molar-refractivity contribution in [1.29, 1.82) is 0 Å². The molecule has 0 bridgehead atoms. The SMILES string of the molecule is c1ccc(-c2cc(-c3ccc4c(c3)-c3cc(-c5ccc6c7ccccc7c7ccccc7c6c5)ccc3C43c4ccccc4N(c4ccccc4)c4ccccc43)nc(-c3ccccc3)n2)cc1. The summed E-state index contributed by atoms with van der Waals surface area (Å²) in [4.78, 5) is 12.9. The van der Waals surface area contributed by atoms with Gasteiger partial charge in [0.15, 0.2) is 5.82 Å². The average Bonchev–Trinajstić information content (AvgIpc) is 3.71. The van der Waals surface area contributed by atoms with Crippen LogP contribution >= 0.6 is 0 Å². The quantitative estimate of drug-likeness (QED) is 0.161. The number of nitrogens with zero attached hydrogens (tertiary/aromatic N) is 3. The van der Waals surface area contributed by atoms with E-state index in [0.29, 0.717) is 5.82 Å². The Labute approximate surface area is 394 Å². The zero-order chi connectivity index (χ0) is 44.8. The average molecular weight is 864 g/mol. The number of fused-ring (bicyclic) bond motifs is 15. The normalized spacial score (nSPS) is 13.1. The van der Waals surface area contributed by atoms with Gasteiger partial charge in [0.1, 0.15) is 0 Å². The third-order valence-electron chi connectivity index (χ3n) is 14.5. The molecule has 1 aliphatic carbocycles. The topological polar surface area (TPSA) is 29.0 Å². The zero-order valence-corrected chi connectivity index (χ0v) is 37.0. The molecule has 0 fully saturated rings. The minimum absolute atomic E-state index is 0.602. The predicted octanol–water partition coefficient (Wildman–Crippen LogP) is 16.8. The Kier molecular flexibility index (Phi) is 8.50. The van der Waals surface area contributed by atoms with Crippen molar-refractivity contribution in [2.24, 2.45) is 0 Å². The van der Waals surface area contributed by atoms with Gasteiger partial charge in [0.2, 0.25) is 0 Å². The summed E-state index contributed by atoms with van der Waals surface area (Å²) >= 11 is 0. The summed E-state index contributed by atoms with van der Waals surface area (Å²) in [5, 5.41) is 7.64. The third-order valence-corrected chi connectivity index (χ3v) is 14.5. The largest absolute Gasteiger partial charge is 0.310 e. The molecule has 1 spiro atoms. The van der Waals surface area contributed by atoms with Gasteiger partial charge in [0, 0.05) is 22.4 Å². The Morgan fingerprint density at radius 3 is 1.31 bits per heavy atom. The molecule has 316 valence electrons. The van der Waals surface area contributed by atoms with E-state index in [4.69, 9.17) is 9.97 Å². The van der Waals surface area contributed by atoms with E-state index in [1.807, 2.05) is 6.07 Å². The van der Waals surface area contributed by atoms with Crippen LogP contribution in [0.15, 0.2) is 249 Å². The highest BCUT2D eigenvalue weighted by Crippen LogP contribution is 2.64. The lowest BCUT2D eigenvalue weighted by molar-refractivity contribution is 0.753. The molecule has 0 saturated heterocycles. The van der Waals surface area contributed by atoms with E-state index in [1.54, 1.807) is 0 Å². The molecule has 11 aromatic carbocycles. The molecule has 2 heterocycles. The zero-order valence-electron chi connectivity index (χ0n) is 37.0. The van der Waals surface area contributed by atoms with Crippen molar-refractivity contribution >= 4 is 49.4 Å². The Balaban J connectivity index is 1.03. The van der Waals surface area contributed by atoms with E-state index in [-0.39, 0.29) is 0 Å². The van der Waals surface area contributed by atoms with E-state index in [9.17, 15) is 0 Å². The summed E-state index contributed by atoms with van der Waals surface area (Å²) in [5.41, 5.74) is 17.6. The maximum absolute atomic E-state index is 5.32. The van der Waals surface area contributed by atoms with Crippen LogP contribution in [0.3, 0.4) is 0 Å². The molecule has 12 aromatic rings. The summed E-state index contributed by atoms with van der Waals surface area (Å²) in [5.74, 6) is 0.703. The molecule has 0 saturated carbocycles. The first-order chi connectivity index (χ1) is 33.7. The minimum Gasteiger partial charge on any atom is -0.310 e. The number of rotatable bonds is 5. The molecule has 1 aliphatic heterocycles. The second-order valence-corrected chi connectivity index (χ2v) is 18.0. The highest BCUT2D eigenvalue weighted by atomic mass is 15.2. The van der Waals surface area contributed by atoms with Gasteiger partial charge in [-0.15, -0.1) is 0 Å². The number of hydrogen-bond acceptors (Lipinski definition) is 3. The van der Waals surface area contributed by atoms with Crippen LogP contribution < -0.4 is 4.90 Å². The summed E-state index contributed by atoms with van der Waals surface area (Å²) in [6, 6.07) is 90.7. The van der Waals surface area contributed by atoms with Crippen LogP contribution in [-0.2, 0) is 5.41 Å². The molecule has 0 radical (unpaired) electrons. The Morgan fingerprint density at radius 2 is 0.706 bits per heavy atom.